The Morgan fingerprint density at radius 1 is 1.09 bits per heavy atom. The van der Waals surface area contributed by atoms with Crippen molar-refractivity contribution >= 4 is 5.69 Å². The maximum absolute atomic E-state index is 10.0. The number of phenols is 1. The number of aromatic hydroxyl groups is 1. The highest BCUT2D eigenvalue weighted by Gasteiger charge is 2.21. The second kappa shape index (κ2) is 6.62. The molecule has 1 saturated heterocycles. The van der Waals surface area contributed by atoms with E-state index in [4.69, 9.17) is 0 Å². The van der Waals surface area contributed by atoms with Crippen molar-refractivity contribution in [3.8, 4) is 5.75 Å². The van der Waals surface area contributed by atoms with Gasteiger partial charge in [0.25, 0.3) is 0 Å². The van der Waals surface area contributed by atoms with Gasteiger partial charge in [0.05, 0.1) is 11.4 Å². The smallest absolute Gasteiger partial charge is 0.138 e. The maximum Gasteiger partial charge on any atom is 0.138 e. The van der Waals surface area contributed by atoms with Gasteiger partial charge < -0.3 is 10.0 Å². The molecule has 0 saturated carbocycles. The number of anilines is 1. The van der Waals surface area contributed by atoms with Crippen LogP contribution in [0.15, 0.2) is 24.3 Å². The van der Waals surface area contributed by atoms with Crippen LogP contribution in [0.1, 0.15) is 23.9 Å². The summed E-state index contributed by atoms with van der Waals surface area (Å²) in [6, 6.07) is 7.59. The van der Waals surface area contributed by atoms with Gasteiger partial charge in [0.1, 0.15) is 5.75 Å². The summed E-state index contributed by atoms with van der Waals surface area (Å²) >= 11 is 0. The van der Waals surface area contributed by atoms with Gasteiger partial charge in [0, 0.05) is 50.5 Å². The largest absolute Gasteiger partial charge is 0.506 e. The molecule has 0 atom stereocenters. The van der Waals surface area contributed by atoms with Crippen molar-refractivity contribution < 1.29 is 5.11 Å². The fraction of sp³-hybridized carbons (Fsp3) is 0.500. The minimum Gasteiger partial charge on any atom is -0.506 e. The van der Waals surface area contributed by atoms with Crippen molar-refractivity contribution in [1.29, 1.82) is 0 Å². The van der Waals surface area contributed by atoms with E-state index in [-0.39, 0.29) is 0 Å². The van der Waals surface area contributed by atoms with Gasteiger partial charge in [-0.25, -0.2) is 0 Å². The van der Waals surface area contributed by atoms with Crippen LogP contribution < -0.4 is 4.90 Å². The Bertz CT molecular complexity index is 672. The summed E-state index contributed by atoms with van der Waals surface area (Å²) in [7, 11) is 0. The first kappa shape index (κ1) is 15.9. The summed E-state index contributed by atoms with van der Waals surface area (Å²) in [5.74, 6) is 0.372. The van der Waals surface area contributed by atoms with Gasteiger partial charge in [-0.05, 0) is 32.9 Å². The molecule has 1 N–H and O–H groups in total. The van der Waals surface area contributed by atoms with Crippen LogP contribution in [0.2, 0.25) is 0 Å². The van der Waals surface area contributed by atoms with Gasteiger partial charge in [0.15, 0.2) is 0 Å². The number of para-hydroxylation sites is 2. The zero-order valence-electron chi connectivity index (χ0n) is 14.3. The molecule has 5 heteroatoms. The first-order valence-corrected chi connectivity index (χ1v) is 8.38. The van der Waals surface area contributed by atoms with E-state index < -0.39 is 0 Å². The van der Waals surface area contributed by atoms with Crippen LogP contribution in [-0.2, 0) is 13.1 Å². The molecule has 1 aliphatic rings. The van der Waals surface area contributed by atoms with E-state index in [0.717, 1.165) is 50.6 Å². The molecule has 1 fully saturated rings. The number of benzene rings is 1. The Balaban J connectivity index is 1.64. The van der Waals surface area contributed by atoms with E-state index in [1.807, 2.05) is 18.2 Å². The zero-order valence-corrected chi connectivity index (χ0v) is 14.3. The van der Waals surface area contributed by atoms with E-state index in [1.54, 1.807) is 6.07 Å². The molecule has 5 nitrogen and oxygen atoms in total. The van der Waals surface area contributed by atoms with Crippen molar-refractivity contribution in [3.05, 3.63) is 41.2 Å². The van der Waals surface area contributed by atoms with Gasteiger partial charge in [-0.15, -0.1) is 0 Å². The number of hydrogen-bond acceptors (Lipinski definition) is 4. The number of rotatable bonds is 4. The first-order chi connectivity index (χ1) is 11.1. The minimum absolute atomic E-state index is 0.372. The lowest BCUT2D eigenvalue weighted by Crippen LogP contribution is -2.46. The lowest BCUT2D eigenvalue weighted by molar-refractivity contribution is 0.248. The molecule has 0 aliphatic carbocycles. The van der Waals surface area contributed by atoms with E-state index >= 15 is 0 Å². The van der Waals surface area contributed by atoms with Gasteiger partial charge >= 0.3 is 0 Å². The molecule has 1 aliphatic heterocycles. The van der Waals surface area contributed by atoms with Gasteiger partial charge in [0.2, 0.25) is 0 Å². The Morgan fingerprint density at radius 2 is 1.78 bits per heavy atom. The van der Waals surface area contributed by atoms with Crippen molar-refractivity contribution in [2.45, 2.75) is 33.9 Å². The lowest BCUT2D eigenvalue weighted by Gasteiger charge is -2.36. The van der Waals surface area contributed by atoms with Crippen LogP contribution in [0.25, 0.3) is 0 Å². The van der Waals surface area contributed by atoms with Gasteiger partial charge in [-0.1, -0.05) is 12.1 Å². The molecule has 2 aromatic rings. The first-order valence-electron chi connectivity index (χ1n) is 8.38. The second-order valence-corrected chi connectivity index (χ2v) is 6.22. The molecule has 1 aromatic carbocycles. The monoisotopic (exact) mass is 314 g/mol. The molecule has 0 unspecified atom stereocenters. The number of hydrogen-bond donors (Lipinski definition) is 1. The van der Waals surface area contributed by atoms with Crippen molar-refractivity contribution in [3.63, 3.8) is 0 Å². The predicted octanol–water partition coefficient (Wildman–Crippen LogP) is 2.55. The number of phenolic OH excluding ortho intramolecular Hbond substituents is 1. The number of piperazine rings is 1. The summed E-state index contributed by atoms with van der Waals surface area (Å²) < 4.78 is 2.09. The molecule has 0 radical (unpaired) electrons. The summed E-state index contributed by atoms with van der Waals surface area (Å²) in [6.07, 6.45) is 0. The lowest BCUT2D eigenvalue weighted by atomic mass is 10.1. The average molecular weight is 314 g/mol. The van der Waals surface area contributed by atoms with Crippen molar-refractivity contribution in [2.24, 2.45) is 0 Å². The predicted molar refractivity (Wildman–Crippen MR) is 93.0 cm³/mol. The molecular weight excluding hydrogens is 288 g/mol. The highest BCUT2D eigenvalue weighted by atomic mass is 16.3. The topological polar surface area (TPSA) is 44.5 Å². The summed E-state index contributed by atoms with van der Waals surface area (Å²) in [4.78, 5) is 4.74. The quantitative estimate of drug-likeness (QED) is 0.942. The molecule has 23 heavy (non-hydrogen) atoms. The van der Waals surface area contributed by atoms with Crippen LogP contribution in [0.5, 0.6) is 5.75 Å². The fourth-order valence-corrected chi connectivity index (χ4v) is 3.37. The standard InChI is InChI=1S/C18H26N4O/c1-4-22-15(3)16(14(2)19-22)13-20-9-11-21(12-10-20)17-7-5-6-8-18(17)23/h5-8,23H,4,9-13H2,1-3H3. The second-order valence-electron chi connectivity index (χ2n) is 6.22. The zero-order chi connectivity index (χ0) is 16.4. The average Bonchev–Trinajstić information content (AvgIpc) is 2.84. The number of aryl methyl sites for hydroxylation is 2. The SMILES string of the molecule is CCn1nc(C)c(CN2CCN(c3ccccc3O)CC2)c1C. The Kier molecular flexibility index (Phi) is 4.57. The molecule has 3 rings (SSSR count). The van der Waals surface area contributed by atoms with Crippen LogP contribution in [-0.4, -0.2) is 46.0 Å². The fourth-order valence-electron chi connectivity index (χ4n) is 3.37. The van der Waals surface area contributed by atoms with Crippen LogP contribution in [0.3, 0.4) is 0 Å². The van der Waals surface area contributed by atoms with Crippen LogP contribution >= 0.6 is 0 Å². The maximum atomic E-state index is 10.0. The third kappa shape index (κ3) is 3.20. The third-order valence-electron chi connectivity index (χ3n) is 4.81. The third-order valence-corrected chi connectivity index (χ3v) is 4.81. The van der Waals surface area contributed by atoms with Gasteiger partial charge in [-0.2, -0.15) is 5.10 Å². The Labute approximate surface area is 138 Å². The Morgan fingerprint density at radius 3 is 2.39 bits per heavy atom. The molecule has 1 aromatic heterocycles. The van der Waals surface area contributed by atoms with Crippen LogP contribution in [0, 0.1) is 13.8 Å². The number of nitrogens with zero attached hydrogens (tertiary/aromatic N) is 4. The summed E-state index contributed by atoms with van der Waals surface area (Å²) in [5.41, 5.74) is 4.74. The van der Waals surface area contributed by atoms with Crippen LogP contribution in [0.4, 0.5) is 5.69 Å². The van der Waals surface area contributed by atoms with E-state index in [2.05, 4.69) is 40.4 Å². The van der Waals surface area contributed by atoms with E-state index in [9.17, 15) is 5.11 Å². The van der Waals surface area contributed by atoms with E-state index in [1.165, 1.54) is 11.3 Å². The normalized spacial score (nSPS) is 16.0. The summed E-state index contributed by atoms with van der Waals surface area (Å²) in [5, 5.41) is 14.6. The molecule has 2 heterocycles. The molecule has 0 amide bonds. The number of aromatic nitrogens is 2. The minimum atomic E-state index is 0.372. The summed E-state index contributed by atoms with van der Waals surface area (Å²) in [6.45, 7) is 12.2. The highest BCUT2D eigenvalue weighted by Crippen LogP contribution is 2.27. The molecule has 0 bridgehead atoms. The molecule has 0 spiro atoms. The molecular formula is C18H26N4O. The molecule has 124 valence electrons. The van der Waals surface area contributed by atoms with Crippen molar-refractivity contribution in [2.75, 3.05) is 31.1 Å². The Hall–Kier alpha value is -2.01. The van der Waals surface area contributed by atoms with Crippen molar-refractivity contribution in [1.82, 2.24) is 14.7 Å². The van der Waals surface area contributed by atoms with Gasteiger partial charge in [-0.3, -0.25) is 9.58 Å². The van der Waals surface area contributed by atoms with E-state index in [0.29, 0.717) is 5.75 Å². The highest BCUT2D eigenvalue weighted by molar-refractivity contribution is 5.57.